The number of anilines is 1. The van der Waals surface area contributed by atoms with Gasteiger partial charge in [-0.25, -0.2) is 4.79 Å². The SMILES string of the molecule is CC(Nc1ccc(C(=O)O)cc1[N+](=O)[O-])C(=O)O. The van der Waals surface area contributed by atoms with Crippen LogP contribution in [-0.2, 0) is 4.79 Å². The Labute approximate surface area is 101 Å². The second-order valence-corrected chi connectivity index (χ2v) is 3.50. The molecule has 1 aromatic rings. The van der Waals surface area contributed by atoms with Gasteiger partial charge >= 0.3 is 11.9 Å². The molecule has 0 spiro atoms. The molecule has 0 aliphatic heterocycles. The van der Waals surface area contributed by atoms with Crippen molar-refractivity contribution in [2.75, 3.05) is 5.32 Å². The third kappa shape index (κ3) is 2.94. The fourth-order valence-electron chi connectivity index (χ4n) is 1.23. The number of carboxylic acid groups (broad SMARTS) is 2. The Morgan fingerprint density at radius 2 is 2.00 bits per heavy atom. The molecule has 0 amide bonds. The number of nitro benzene ring substituents is 1. The third-order valence-electron chi connectivity index (χ3n) is 2.18. The summed E-state index contributed by atoms with van der Waals surface area (Å²) in [4.78, 5) is 31.3. The topological polar surface area (TPSA) is 130 Å². The number of rotatable bonds is 5. The highest BCUT2D eigenvalue weighted by Gasteiger charge is 2.20. The molecule has 0 heterocycles. The molecule has 0 bridgehead atoms. The Morgan fingerprint density at radius 3 is 2.44 bits per heavy atom. The molecule has 1 unspecified atom stereocenters. The second kappa shape index (κ2) is 5.13. The number of hydrogen-bond acceptors (Lipinski definition) is 5. The number of nitrogens with one attached hydrogen (secondary N) is 1. The summed E-state index contributed by atoms with van der Waals surface area (Å²) in [5.41, 5.74) is -0.766. The van der Waals surface area contributed by atoms with Crippen LogP contribution in [0.4, 0.5) is 11.4 Å². The maximum Gasteiger partial charge on any atom is 0.335 e. The minimum atomic E-state index is -1.30. The van der Waals surface area contributed by atoms with Crippen molar-refractivity contribution in [1.82, 2.24) is 0 Å². The zero-order chi connectivity index (χ0) is 13.9. The van der Waals surface area contributed by atoms with Crippen LogP contribution in [0.25, 0.3) is 0 Å². The molecule has 3 N–H and O–H groups in total. The van der Waals surface area contributed by atoms with E-state index in [1.54, 1.807) is 0 Å². The van der Waals surface area contributed by atoms with Gasteiger partial charge in [0.1, 0.15) is 11.7 Å². The second-order valence-electron chi connectivity index (χ2n) is 3.50. The van der Waals surface area contributed by atoms with Crippen molar-refractivity contribution in [2.24, 2.45) is 0 Å². The number of benzene rings is 1. The monoisotopic (exact) mass is 254 g/mol. The van der Waals surface area contributed by atoms with E-state index in [2.05, 4.69) is 5.32 Å². The van der Waals surface area contributed by atoms with Crippen LogP contribution in [0.2, 0.25) is 0 Å². The average molecular weight is 254 g/mol. The van der Waals surface area contributed by atoms with Crippen molar-refractivity contribution >= 4 is 23.3 Å². The van der Waals surface area contributed by atoms with E-state index in [0.29, 0.717) is 0 Å². The lowest BCUT2D eigenvalue weighted by Crippen LogP contribution is -2.25. The van der Waals surface area contributed by atoms with Gasteiger partial charge in [-0.3, -0.25) is 14.9 Å². The number of nitro groups is 1. The fraction of sp³-hybridized carbons (Fsp3) is 0.200. The molecule has 96 valence electrons. The molecule has 0 saturated carbocycles. The van der Waals surface area contributed by atoms with Gasteiger partial charge in [-0.05, 0) is 19.1 Å². The van der Waals surface area contributed by atoms with E-state index < -0.39 is 28.6 Å². The van der Waals surface area contributed by atoms with Crippen LogP contribution < -0.4 is 5.32 Å². The number of aromatic carboxylic acids is 1. The average Bonchev–Trinajstić information content (AvgIpc) is 2.28. The number of carbonyl (C=O) groups is 2. The van der Waals surface area contributed by atoms with Gasteiger partial charge in [-0.15, -0.1) is 0 Å². The highest BCUT2D eigenvalue weighted by Crippen LogP contribution is 2.26. The fourth-order valence-corrected chi connectivity index (χ4v) is 1.23. The molecule has 0 aliphatic rings. The van der Waals surface area contributed by atoms with E-state index in [1.807, 2.05) is 0 Å². The summed E-state index contributed by atoms with van der Waals surface area (Å²) >= 11 is 0. The van der Waals surface area contributed by atoms with Gasteiger partial charge in [0.25, 0.3) is 5.69 Å². The Kier molecular flexibility index (Phi) is 3.82. The van der Waals surface area contributed by atoms with Crippen molar-refractivity contribution in [2.45, 2.75) is 13.0 Å². The molecular weight excluding hydrogens is 244 g/mol. The molecule has 0 radical (unpaired) electrons. The van der Waals surface area contributed by atoms with E-state index in [4.69, 9.17) is 10.2 Å². The summed E-state index contributed by atoms with van der Waals surface area (Å²) in [6.07, 6.45) is 0. The van der Waals surface area contributed by atoms with Gasteiger partial charge in [-0.1, -0.05) is 0 Å². The van der Waals surface area contributed by atoms with Crippen molar-refractivity contribution in [3.05, 3.63) is 33.9 Å². The maximum absolute atomic E-state index is 10.8. The summed E-state index contributed by atoms with van der Waals surface area (Å²) in [6.45, 7) is 1.32. The van der Waals surface area contributed by atoms with E-state index in [9.17, 15) is 19.7 Å². The molecular formula is C10H10N2O6. The third-order valence-corrected chi connectivity index (χ3v) is 2.18. The van der Waals surface area contributed by atoms with Crippen LogP contribution in [0.1, 0.15) is 17.3 Å². The lowest BCUT2D eigenvalue weighted by Gasteiger charge is -2.11. The number of aliphatic carboxylic acids is 1. The summed E-state index contributed by atoms with van der Waals surface area (Å²) in [5.74, 6) is -2.47. The molecule has 18 heavy (non-hydrogen) atoms. The molecule has 0 aromatic heterocycles. The maximum atomic E-state index is 10.8. The lowest BCUT2D eigenvalue weighted by atomic mass is 10.1. The molecule has 0 saturated heterocycles. The van der Waals surface area contributed by atoms with Gasteiger partial charge < -0.3 is 15.5 Å². The van der Waals surface area contributed by atoms with Crippen LogP contribution in [0.5, 0.6) is 0 Å². The molecule has 8 nitrogen and oxygen atoms in total. The van der Waals surface area contributed by atoms with E-state index in [1.165, 1.54) is 13.0 Å². The highest BCUT2D eigenvalue weighted by molar-refractivity contribution is 5.90. The van der Waals surface area contributed by atoms with Crippen molar-refractivity contribution in [3.8, 4) is 0 Å². The smallest absolute Gasteiger partial charge is 0.335 e. The summed E-state index contributed by atoms with van der Waals surface area (Å²) < 4.78 is 0. The van der Waals surface area contributed by atoms with Crippen LogP contribution in [0.15, 0.2) is 18.2 Å². The van der Waals surface area contributed by atoms with Gasteiger partial charge in [-0.2, -0.15) is 0 Å². The standard InChI is InChI=1S/C10H10N2O6/c1-5(9(13)14)11-7-3-2-6(10(15)16)4-8(7)12(17)18/h2-5,11H,1H3,(H,13,14)(H,15,16). The van der Waals surface area contributed by atoms with E-state index in [0.717, 1.165) is 12.1 Å². The van der Waals surface area contributed by atoms with Crippen LogP contribution in [0, 0.1) is 10.1 Å². The van der Waals surface area contributed by atoms with Gasteiger partial charge in [0.15, 0.2) is 0 Å². The Morgan fingerprint density at radius 1 is 1.39 bits per heavy atom. The first kappa shape index (κ1) is 13.4. The molecule has 8 heteroatoms. The normalized spacial score (nSPS) is 11.6. The van der Waals surface area contributed by atoms with Gasteiger partial charge in [0, 0.05) is 6.07 Å². The first-order valence-corrected chi connectivity index (χ1v) is 4.84. The predicted octanol–water partition coefficient (Wildman–Crippen LogP) is 1.18. The summed E-state index contributed by atoms with van der Waals surface area (Å²) in [7, 11) is 0. The summed E-state index contributed by atoms with van der Waals surface area (Å²) in [5, 5.41) is 30.6. The number of nitrogens with zero attached hydrogens (tertiary/aromatic N) is 1. The Hall–Kier alpha value is -2.64. The van der Waals surface area contributed by atoms with Crippen molar-refractivity contribution in [1.29, 1.82) is 0 Å². The van der Waals surface area contributed by atoms with Crippen LogP contribution >= 0.6 is 0 Å². The molecule has 0 fully saturated rings. The zero-order valence-electron chi connectivity index (χ0n) is 9.28. The van der Waals surface area contributed by atoms with E-state index in [-0.39, 0.29) is 11.3 Å². The number of hydrogen-bond donors (Lipinski definition) is 3. The Bertz CT molecular complexity index is 513. The zero-order valence-corrected chi connectivity index (χ0v) is 9.28. The Balaban J connectivity index is 3.16. The van der Waals surface area contributed by atoms with Crippen molar-refractivity contribution < 1.29 is 24.7 Å². The van der Waals surface area contributed by atoms with Crippen LogP contribution in [-0.4, -0.2) is 33.1 Å². The van der Waals surface area contributed by atoms with E-state index >= 15 is 0 Å². The highest BCUT2D eigenvalue weighted by atomic mass is 16.6. The van der Waals surface area contributed by atoms with Crippen molar-refractivity contribution in [3.63, 3.8) is 0 Å². The predicted molar refractivity (Wildman–Crippen MR) is 60.8 cm³/mol. The molecule has 1 aromatic carbocycles. The largest absolute Gasteiger partial charge is 0.480 e. The quantitative estimate of drug-likeness (QED) is 0.531. The molecule has 0 aliphatic carbocycles. The van der Waals surface area contributed by atoms with Gasteiger partial charge in [0.05, 0.1) is 10.5 Å². The lowest BCUT2D eigenvalue weighted by molar-refractivity contribution is -0.384. The minimum absolute atomic E-state index is 0.0418. The number of carboxylic acids is 2. The first-order chi connectivity index (χ1) is 8.32. The minimum Gasteiger partial charge on any atom is -0.480 e. The summed E-state index contributed by atoms with van der Waals surface area (Å²) in [6, 6.07) is 2.17. The van der Waals surface area contributed by atoms with Crippen LogP contribution in [0.3, 0.4) is 0 Å². The molecule has 1 rings (SSSR count). The molecule has 1 atom stereocenters. The van der Waals surface area contributed by atoms with Gasteiger partial charge in [0.2, 0.25) is 0 Å². The first-order valence-electron chi connectivity index (χ1n) is 4.84.